The molecule has 0 aliphatic carbocycles. The van der Waals surface area contributed by atoms with E-state index in [-0.39, 0.29) is 17.4 Å². The zero-order chi connectivity index (χ0) is 18.9. The molecule has 1 aromatic carbocycles. The van der Waals surface area contributed by atoms with E-state index in [2.05, 4.69) is 4.98 Å². The minimum Gasteiger partial charge on any atom is -0.478 e. The Bertz CT molecular complexity index is 902. The number of carboxylic acid groups (broad SMARTS) is 2. The van der Waals surface area contributed by atoms with Gasteiger partial charge in [0.15, 0.2) is 0 Å². The SMILES string of the molecule is CC(c1cccc(-c2c(C(=O)O)c(N)[nH]c(=O)c2C(=O)O)c1)N(C)C. The summed E-state index contributed by atoms with van der Waals surface area (Å²) in [6.07, 6.45) is 0. The van der Waals surface area contributed by atoms with Gasteiger partial charge in [0.2, 0.25) is 0 Å². The molecule has 5 N–H and O–H groups in total. The molecule has 0 saturated heterocycles. The highest BCUT2D eigenvalue weighted by Crippen LogP contribution is 2.31. The van der Waals surface area contributed by atoms with Crippen LogP contribution in [0.1, 0.15) is 39.2 Å². The molecule has 25 heavy (non-hydrogen) atoms. The van der Waals surface area contributed by atoms with Gasteiger partial charge in [-0.05, 0) is 38.2 Å². The summed E-state index contributed by atoms with van der Waals surface area (Å²) >= 11 is 0. The van der Waals surface area contributed by atoms with Crippen LogP contribution < -0.4 is 11.3 Å². The molecule has 0 fully saturated rings. The van der Waals surface area contributed by atoms with Gasteiger partial charge in [-0.1, -0.05) is 18.2 Å². The van der Waals surface area contributed by atoms with Gasteiger partial charge in [0, 0.05) is 11.6 Å². The summed E-state index contributed by atoms with van der Waals surface area (Å²) < 4.78 is 0. The fourth-order valence-corrected chi connectivity index (χ4v) is 2.59. The molecule has 1 atom stereocenters. The zero-order valence-corrected chi connectivity index (χ0v) is 14.0. The smallest absolute Gasteiger partial charge is 0.342 e. The first-order chi connectivity index (χ1) is 11.6. The predicted octanol–water partition coefficient (Wildman–Crippen LogP) is 1.64. The number of pyridine rings is 1. The Hall–Kier alpha value is -3.13. The van der Waals surface area contributed by atoms with E-state index < -0.39 is 28.6 Å². The topological polar surface area (TPSA) is 137 Å². The van der Waals surface area contributed by atoms with E-state index in [9.17, 15) is 24.6 Å². The van der Waals surface area contributed by atoms with Gasteiger partial charge in [-0.15, -0.1) is 0 Å². The number of H-pyrrole nitrogens is 1. The molecule has 1 aromatic heterocycles. The van der Waals surface area contributed by atoms with Crippen LogP contribution in [0, 0.1) is 0 Å². The van der Waals surface area contributed by atoms with Gasteiger partial charge in [-0.2, -0.15) is 0 Å². The Kier molecular flexibility index (Phi) is 4.94. The van der Waals surface area contributed by atoms with E-state index in [1.54, 1.807) is 18.2 Å². The van der Waals surface area contributed by atoms with Crippen molar-refractivity contribution in [3.05, 3.63) is 51.3 Å². The molecule has 2 rings (SSSR count). The number of hydrogen-bond acceptors (Lipinski definition) is 5. The number of anilines is 1. The highest BCUT2D eigenvalue weighted by Gasteiger charge is 2.26. The summed E-state index contributed by atoms with van der Waals surface area (Å²) in [4.78, 5) is 39.3. The first kappa shape index (κ1) is 18.2. The summed E-state index contributed by atoms with van der Waals surface area (Å²) in [6.45, 7) is 1.95. The lowest BCUT2D eigenvalue weighted by Crippen LogP contribution is -2.24. The molecular weight excluding hydrogens is 326 g/mol. The number of aromatic amines is 1. The van der Waals surface area contributed by atoms with Crippen molar-refractivity contribution in [2.45, 2.75) is 13.0 Å². The Morgan fingerprint density at radius 1 is 1.16 bits per heavy atom. The second-order valence-corrected chi connectivity index (χ2v) is 5.87. The largest absolute Gasteiger partial charge is 0.478 e. The fraction of sp³-hybridized carbons (Fsp3) is 0.235. The molecule has 0 spiro atoms. The normalized spacial score (nSPS) is 12.2. The lowest BCUT2D eigenvalue weighted by Gasteiger charge is -2.21. The standard InChI is InChI=1S/C17H19N3O5/c1-8(20(2)3)9-5-4-6-10(7-9)11-12(16(22)23)14(18)19-15(21)13(11)17(24)25/h4-8H,1-3H3,(H,22,23)(H,24,25)(H3,18,19,21). The second kappa shape index (κ2) is 6.78. The first-order valence-corrected chi connectivity index (χ1v) is 7.44. The molecule has 1 unspecified atom stereocenters. The molecule has 0 aliphatic heterocycles. The van der Waals surface area contributed by atoms with Crippen molar-refractivity contribution in [2.24, 2.45) is 0 Å². The number of benzene rings is 1. The minimum atomic E-state index is -1.52. The molecule has 1 heterocycles. The molecule has 8 heteroatoms. The van der Waals surface area contributed by atoms with Crippen LogP contribution in [0.25, 0.3) is 11.1 Å². The van der Waals surface area contributed by atoms with Crippen molar-refractivity contribution in [1.82, 2.24) is 9.88 Å². The van der Waals surface area contributed by atoms with Crippen LogP contribution in [0.2, 0.25) is 0 Å². The lowest BCUT2D eigenvalue weighted by molar-refractivity contribution is 0.0695. The van der Waals surface area contributed by atoms with E-state index >= 15 is 0 Å². The highest BCUT2D eigenvalue weighted by atomic mass is 16.4. The quantitative estimate of drug-likeness (QED) is 0.646. The molecule has 0 saturated carbocycles. The number of nitrogen functional groups attached to an aromatic ring is 1. The van der Waals surface area contributed by atoms with Crippen molar-refractivity contribution in [3.8, 4) is 11.1 Å². The lowest BCUT2D eigenvalue weighted by atomic mass is 9.93. The van der Waals surface area contributed by atoms with Crippen molar-refractivity contribution < 1.29 is 19.8 Å². The number of nitrogens with two attached hydrogens (primary N) is 1. The van der Waals surface area contributed by atoms with Gasteiger partial charge in [0.1, 0.15) is 16.9 Å². The van der Waals surface area contributed by atoms with Gasteiger partial charge in [0.25, 0.3) is 5.56 Å². The number of hydrogen-bond donors (Lipinski definition) is 4. The van der Waals surface area contributed by atoms with E-state index in [0.717, 1.165) is 5.56 Å². The van der Waals surface area contributed by atoms with Crippen LogP contribution in [0.15, 0.2) is 29.1 Å². The van der Waals surface area contributed by atoms with Crippen LogP contribution in [0.4, 0.5) is 5.82 Å². The Balaban J connectivity index is 2.87. The summed E-state index contributed by atoms with van der Waals surface area (Å²) in [5.41, 5.74) is 4.55. The fourth-order valence-electron chi connectivity index (χ4n) is 2.59. The van der Waals surface area contributed by atoms with Crippen LogP contribution >= 0.6 is 0 Å². The van der Waals surface area contributed by atoms with Crippen LogP contribution in [-0.2, 0) is 0 Å². The molecular formula is C17H19N3O5. The van der Waals surface area contributed by atoms with Gasteiger partial charge < -0.3 is 25.8 Å². The number of carboxylic acids is 2. The van der Waals surface area contributed by atoms with Crippen molar-refractivity contribution in [1.29, 1.82) is 0 Å². The summed E-state index contributed by atoms with van der Waals surface area (Å²) in [6, 6.07) is 6.74. The van der Waals surface area contributed by atoms with Crippen LogP contribution in [0.3, 0.4) is 0 Å². The van der Waals surface area contributed by atoms with Gasteiger partial charge in [-0.25, -0.2) is 9.59 Å². The third kappa shape index (κ3) is 3.38. The number of carbonyl (C=O) groups is 2. The van der Waals surface area contributed by atoms with Crippen LogP contribution in [-0.4, -0.2) is 46.1 Å². The number of aromatic nitrogens is 1. The first-order valence-electron chi connectivity index (χ1n) is 7.44. The zero-order valence-electron chi connectivity index (χ0n) is 14.0. The summed E-state index contributed by atoms with van der Waals surface area (Å²) in [5.74, 6) is -3.33. The average molecular weight is 345 g/mol. The molecule has 8 nitrogen and oxygen atoms in total. The van der Waals surface area contributed by atoms with Gasteiger partial charge in [-0.3, -0.25) is 4.79 Å². The number of nitrogens with zero attached hydrogens (tertiary/aromatic N) is 1. The van der Waals surface area contributed by atoms with E-state index in [0.29, 0.717) is 5.56 Å². The Morgan fingerprint density at radius 2 is 1.76 bits per heavy atom. The van der Waals surface area contributed by atoms with E-state index in [1.165, 1.54) is 0 Å². The minimum absolute atomic E-state index is 0.000787. The Labute approximate surface area is 143 Å². The third-order valence-corrected chi connectivity index (χ3v) is 4.10. The maximum atomic E-state index is 12.1. The van der Waals surface area contributed by atoms with Gasteiger partial charge in [0.05, 0.1) is 0 Å². The monoisotopic (exact) mass is 345 g/mol. The summed E-state index contributed by atoms with van der Waals surface area (Å²) in [5, 5.41) is 18.9. The van der Waals surface area contributed by atoms with Crippen LogP contribution in [0.5, 0.6) is 0 Å². The predicted molar refractivity (Wildman–Crippen MR) is 92.9 cm³/mol. The molecule has 2 aromatic rings. The molecule has 0 radical (unpaired) electrons. The number of aromatic carboxylic acids is 2. The molecule has 0 bridgehead atoms. The summed E-state index contributed by atoms with van der Waals surface area (Å²) in [7, 11) is 3.77. The van der Waals surface area contributed by atoms with Crippen molar-refractivity contribution in [2.75, 3.05) is 19.8 Å². The highest BCUT2D eigenvalue weighted by molar-refractivity contribution is 6.07. The maximum Gasteiger partial charge on any atom is 0.342 e. The van der Waals surface area contributed by atoms with Gasteiger partial charge >= 0.3 is 11.9 Å². The molecule has 0 aliphatic rings. The van der Waals surface area contributed by atoms with E-state index in [4.69, 9.17) is 5.73 Å². The number of rotatable bonds is 5. The molecule has 132 valence electrons. The Morgan fingerprint density at radius 3 is 2.28 bits per heavy atom. The van der Waals surface area contributed by atoms with Crippen molar-refractivity contribution >= 4 is 17.8 Å². The second-order valence-electron chi connectivity index (χ2n) is 5.87. The number of nitrogens with one attached hydrogen (secondary N) is 1. The van der Waals surface area contributed by atoms with Crippen molar-refractivity contribution in [3.63, 3.8) is 0 Å². The molecule has 0 amide bonds. The maximum absolute atomic E-state index is 12.1. The third-order valence-electron chi connectivity index (χ3n) is 4.10. The average Bonchev–Trinajstić information content (AvgIpc) is 2.52. The van der Waals surface area contributed by atoms with E-state index in [1.807, 2.05) is 32.0 Å².